The number of ether oxygens (including phenoxy) is 1. The summed E-state index contributed by atoms with van der Waals surface area (Å²) in [7, 11) is -1.99. The van der Waals surface area contributed by atoms with Gasteiger partial charge in [0.2, 0.25) is 0 Å². The first-order valence-electron chi connectivity index (χ1n) is 10.4. The Morgan fingerprint density at radius 2 is 1.97 bits per heavy atom. The third-order valence-electron chi connectivity index (χ3n) is 5.05. The average Bonchev–Trinajstić information content (AvgIpc) is 3.32. The first kappa shape index (κ1) is 23.3. The van der Waals surface area contributed by atoms with Crippen molar-refractivity contribution in [1.82, 2.24) is 19.0 Å². The molecular weight excluding hydrogens is 462 g/mol. The Bertz CT molecular complexity index is 1280. The fourth-order valence-corrected chi connectivity index (χ4v) is 6.00. The zero-order chi connectivity index (χ0) is 23.8. The van der Waals surface area contributed by atoms with Gasteiger partial charge in [0.25, 0.3) is 16.1 Å². The van der Waals surface area contributed by atoms with Crippen LogP contribution in [-0.2, 0) is 23.3 Å². The molecule has 1 aliphatic heterocycles. The summed E-state index contributed by atoms with van der Waals surface area (Å²) in [6, 6.07) is 9.13. The minimum atomic E-state index is -3.58. The van der Waals surface area contributed by atoms with Crippen molar-refractivity contribution in [2.75, 3.05) is 12.4 Å². The van der Waals surface area contributed by atoms with Gasteiger partial charge in [-0.1, -0.05) is 29.5 Å². The molecule has 0 saturated carbocycles. The molecular formula is C22H25N5O4S2. The van der Waals surface area contributed by atoms with E-state index in [-0.39, 0.29) is 25.0 Å². The third-order valence-corrected chi connectivity index (χ3v) is 7.76. The smallest absolute Gasteiger partial charge is 0.280 e. The molecule has 33 heavy (non-hydrogen) atoms. The van der Waals surface area contributed by atoms with E-state index < -0.39 is 10.2 Å². The monoisotopic (exact) mass is 487 g/mol. The van der Waals surface area contributed by atoms with Gasteiger partial charge in [0.15, 0.2) is 5.13 Å². The van der Waals surface area contributed by atoms with E-state index in [4.69, 9.17) is 4.74 Å². The van der Waals surface area contributed by atoms with Crippen LogP contribution in [0.5, 0.6) is 5.75 Å². The lowest BCUT2D eigenvalue weighted by atomic mass is 9.99. The number of thiazole rings is 1. The van der Waals surface area contributed by atoms with Crippen molar-refractivity contribution < 1.29 is 17.9 Å². The average molecular weight is 488 g/mol. The van der Waals surface area contributed by atoms with E-state index in [2.05, 4.69) is 20.0 Å². The number of fused-ring (bicyclic) bond motifs is 1. The van der Waals surface area contributed by atoms with Gasteiger partial charge in [-0.15, -0.1) is 0 Å². The van der Waals surface area contributed by atoms with Crippen LogP contribution in [0.3, 0.4) is 0 Å². The molecule has 3 aromatic rings. The summed E-state index contributed by atoms with van der Waals surface area (Å²) in [6.45, 7) is 5.80. The SMILES string of the molecule is COc1ccccc1-c1cc(C)ncc1C(=O)Nc1nc2c(s1)CN(S(=O)(=O)NC(C)C)C2. The van der Waals surface area contributed by atoms with Gasteiger partial charge in [-0.3, -0.25) is 15.1 Å². The van der Waals surface area contributed by atoms with Gasteiger partial charge >= 0.3 is 0 Å². The number of nitrogens with one attached hydrogen (secondary N) is 2. The summed E-state index contributed by atoms with van der Waals surface area (Å²) in [5.41, 5.74) is 3.31. The highest BCUT2D eigenvalue weighted by Crippen LogP contribution is 2.35. The summed E-state index contributed by atoms with van der Waals surface area (Å²) >= 11 is 1.27. The molecule has 0 atom stereocenters. The molecule has 4 rings (SSSR count). The van der Waals surface area contributed by atoms with Crippen molar-refractivity contribution in [2.24, 2.45) is 0 Å². The quantitative estimate of drug-likeness (QED) is 0.529. The van der Waals surface area contributed by atoms with Crippen molar-refractivity contribution in [3.8, 4) is 16.9 Å². The summed E-state index contributed by atoms with van der Waals surface area (Å²) in [5.74, 6) is 0.309. The molecule has 1 aromatic carbocycles. The van der Waals surface area contributed by atoms with Crippen LogP contribution in [-0.4, -0.2) is 41.7 Å². The number of rotatable bonds is 7. The van der Waals surface area contributed by atoms with Crippen LogP contribution in [0.1, 0.15) is 40.5 Å². The lowest BCUT2D eigenvalue weighted by Crippen LogP contribution is -2.40. The Kier molecular flexibility index (Phi) is 6.48. The summed E-state index contributed by atoms with van der Waals surface area (Å²) < 4.78 is 34.2. The van der Waals surface area contributed by atoms with Crippen molar-refractivity contribution in [2.45, 2.75) is 39.9 Å². The summed E-state index contributed by atoms with van der Waals surface area (Å²) in [5, 5.41) is 3.27. The van der Waals surface area contributed by atoms with E-state index in [9.17, 15) is 13.2 Å². The summed E-state index contributed by atoms with van der Waals surface area (Å²) in [6.07, 6.45) is 1.54. The maximum Gasteiger partial charge on any atom is 0.280 e. The van der Waals surface area contributed by atoms with Crippen LogP contribution >= 0.6 is 11.3 Å². The van der Waals surface area contributed by atoms with Crippen LogP contribution in [0, 0.1) is 6.92 Å². The fraction of sp³-hybridized carbons (Fsp3) is 0.318. The molecule has 1 amide bonds. The van der Waals surface area contributed by atoms with E-state index in [1.165, 1.54) is 15.6 Å². The highest BCUT2D eigenvalue weighted by molar-refractivity contribution is 7.87. The minimum Gasteiger partial charge on any atom is -0.496 e. The molecule has 9 nitrogen and oxygen atoms in total. The Hall–Kier alpha value is -2.86. The van der Waals surface area contributed by atoms with Gasteiger partial charge in [0, 0.05) is 33.9 Å². The molecule has 0 spiro atoms. The fourth-order valence-electron chi connectivity index (χ4n) is 3.60. The Balaban J connectivity index is 1.56. The van der Waals surface area contributed by atoms with Gasteiger partial charge in [-0.05, 0) is 32.9 Å². The van der Waals surface area contributed by atoms with Gasteiger partial charge in [0.1, 0.15) is 5.75 Å². The van der Waals surface area contributed by atoms with Crippen LogP contribution < -0.4 is 14.8 Å². The number of hydrogen-bond acceptors (Lipinski definition) is 7. The van der Waals surface area contributed by atoms with Crippen LogP contribution in [0.4, 0.5) is 5.13 Å². The maximum atomic E-state index is 13.1. The number of amides is 1. The van der Waals surface area contributed by atoms with E-state index in [0.717, 1.165) is 16.1 Å². The molecule has 3 heterocycles. The Morgan fingerprint density at radius 3 is 2.67 bits per heavy atom. The second-order valence-electron chi connectivity index (χ2n) is 7.96. The van der Waals surface area contributed by atoms with E-state index in [0.29, 0.717) is 27.7 Å². The van der Waals surface area contributed by atoms with E-state index >= 15 is 0 Å². The lowest BCUT2D eigenvalue weighted by Gasteiger charge is -2.18. The number of carbonyl (C=O) groups excluding carboxylic acids is 1. The highest BCUT2D eigenvalue weighted by atomic mass is 32.2. The summed E-state index contributed by atoms with van der Waals surface area (Å²) in [4.78, 5) is 22.7. The molecule has 0 unspecified atom stereocenters. The standard InChI is InChI=1S/C22H25N5O4S2/c1-13(2)26-33(29,30)27-11-18-20(12-27)32-22(24-18)25-21(28)17-10-23-14(3)9-16(17)15-7-5-6-8-19(15)31-4/h5-10,13,26H,11-12H2,1-4H3,(H,24,25,28). The minimum absolute atomic E-state index is 0.169. The molecule has 0 radical (unpaired) electrons. The van der Waals surface area contributed by atoms with Crippen molar-refractivity contribution in [3.05, 3.63) is 58.4 Å². The third kappa shape index (κ3) is 4.91. The van der Waals surface area contributed by atoms with Crippen LogP contribution in [0.25, 0.3) is 11.1 Å². The highest BCUT2D eigenvalue weighted by Gasteiger charge is 2.32. The van der Waals surface area contributed by atoms with E-state index in [1.807, 2.05) is 37.3 Å². The number of carbonyl (C=O) groups is 1. The first-order chi connectivity index (χ1) is 15.7. The lowest BCUT2D eigenvalue weighted by molar-refractivity contribution is 0.102. The second-order valence-corrected chi connectivity index (χ2v) is 10.7. The maximum absolute atomic E-state index is 13.1. The topological polar surface area (TPSA) is 114 Å². The molecule has 0 bridgehead atoms. The Morgan fingerprint density at radius 1 is 1.21 bits per heavy atom. The second kappa shape index (κ2) is 9.18. The number of methoxy groups -OCH3 is 1. The van der Waals surface area contributed by atoms with Crippen molar-refractivity contribution in [3.63, 3.8) is 0 Å². The van der Waals surface area contributed by atoms with E-state index in [1.54, 1.807) is 27.2 Å². The molecule has 11 heteroatoms. The predicted octanol–water partition coefficient (Wildman–Crippen LogP) is 3.33. The predicted molar refractivity (Wildman–Crippen MR) is 127 cm³/mol. The van der Waals surface area contributed by atoms with Crippen molar-refractivity contribution >= 4 is 32.6 Å². The normalized spacial score (nSPS) is 13.8. The van der Waals surface area contributed by atoms with Gasteiger partial charge in [-0.25, -0.2) is 4.98 Å². The number of aromatic nitrogens is 2. The Labute approximate surface area is 197 Å². The first-order valence-corrected chi connectivity index (χ1v) is 12.6. The van der Waals surface area contributed by atoms with Gasteiger partial charge in [0.05, 0.1) is 31.5 Å². The van der Waals surface area contributed by atoms with Gasteiger partial charge in [-0.2, -0.15) is 17.4 Å². The van der Waals surface area contributed by atoms with Gasteiger partial charge < -0.3 is 4.74 Å². The largest absolute Gasteiger partial charge is 0.496 e. The molecule has 1 aliphatic rings. The number of anilines is 1. The molecule has 0 fully saturated rings. The number of aryl methyl sites for hydroxylation is 1. The van der Waals surface area contributed by atoms with Crippen LogP contribution in [0.2, 0.25) is 0 Å². The molecule has 2 aromatic heterocycles. The molecule has 174 valence electrons. The zero-order valence-electron chi connectivity index (χ0n) is 18.7. The molecule has 0 aliphatic carbocycles. The number of pyridine rings is 1. The van der Waals surface area contributed by atoms with Crippen molar-refractivity contribution in [1.29, 1.82) is 0 Å². The number of para-hydroxylation sites is 1. The number of hydrogen-bond donors (Lipinski definition) is 2. The molecule has 0 saturated heterocycles. The van der Waals surface area contributed by atoms with Crippen LogP contribution in [0.15, 0.2) is 36.5 Å². The molecule has 2 N–H and O–H groups in total. The number of benzene rings is 1. The number of nitrogens with zero attached hydrogens (tertiary/aromatic N) is 3. The zero-order valence-corrected chi connectivity index (χ0v) is 20.4.